The fourth-order valence-electron chi connectivity index (χ4n) is 2.10. The van der Waals surface area contributed by atoms with E-state index in [1.165, 1.54) is 38.5 Å². The summed E-state index contributed by atoms with van der Waals surface area (Å²) in [5.41, 5.74) is 0.588. The normalized spacial score (nSPS) is 10.1. The summed E-state index contributed by atoms with van der Waals surface area (Å²) in [6, 6.07) is 7.36. The quantitative estimate of drug-likeness (QED) is 0.581. The van der Waals surface area contributed by atoms with Crippen molar-refractivity contribution >= 4 is 0 Å². The molecule has 0 atom stereocenters. The van der Waals surface area contributed by atoms with E-state index in [-0.39, 0.29) is 0 Å². The Morgan fingerprint density at radius 3 is 2.35 bits per heavy atom. The second kappa shape index (κ2) is 10.1. The highest BCUT2D eigenvalue weighted by Gasteiger charge is 2.05. The Bertz CT molecular complexity index is 423. The van der Waals surface area contributed by atoms with Crippen LogP contribution in [0.5, 0.6) is 11.5 Å². The molecular formula is C17H25NO2. The lowest BCUT2D eigenvalue weighted by molar-refractivity contribution is 0.284. The van der Waals surface area contributed by atoms with Crippen LogP contribution < -0.4 is 9.47 Å². The zero-order valence-electron chi connectivity index (χ0n) is 12.7. The summed E-state index contributed by atoms with van der Waals surface area (Å²) in [4.78, 5) is 0. The number of nitriles is 1. The molecule has 0 aromatic heterocycles. The van der Waals surface area contributed by atoms with E-state index < -0.39 is 0 Å². The highest BCUT2D eigenvalue weighted by atomic mass is 16.5. The third-order valence-corrected chi connectivity index (χ3v) is 3.30. The number of hydrogen-bond acceptors (Lipinski definition) is 3. The molecule has 0 radical (unpaired) electrons. The number of methoxy groups -OCH3 is 1. The molecule has 0 unspecified atom stereocenters. The summed E-state index contributed by atoms with van der Waals surface area (Å²) < 4.78 is 11.0. The SMILES string of the molecule is CCCCCCCCCOc1ccc(C#N)cc1OC. The summed E-state index contributed by atoms with van der Waals surface area (Å²) >= 11 is 0. The van der Waals surface area contributed by atoms with E-state index in [1.807, 2.05) is 0 Å². The van der Waals surface area contributed by atoms with E-state index in [2.05, 4.69) is 13.0 Å². The van der Waals surface area contributed by atoms with E-state index in [4.69, 9.17) is 14.7 Å². The molecule has 0 heterocycles. The number of rotatable bonds is 10. The number of hydrogen-bond donors (Lipinski definition) is 0. The van der Waals surface area contributed by atoms with Gasteiger partial charge in [-0.3, -0.25) is 0 Å². The highest BCUT2D eigenvalue weighted by molar-refractivity contribution is 5.46. The van der Waals surface area contributed by atoms with Crippen LogP contribution in [0.4, 0.5) is 0 Å². The monoisotopic (exact) mass is 275 g/mol. The Kier molecular flexibility index (Phi) is 8.30. The van der Waals surface area contributed by atoms with Gasteiger partial charge < -0.3 is 9.47 Å². The molecule has 0 saturated heterocycles. The van der Waals surface area contributed by atoms with Gasteiger partial charge in [0.25, 0.3) is 0 Å². The van der Waals surface area contributed by atoms with Gasteiger partial charge in [0.05, 0.1) is 25.3 Å². The van der Waals surface area contributed by atoms with Crippen LogP contribution in [0.3, 0.4) is 0 Å². The van der Waals surface area contributed by atoms with Gasteiger partial charge in [-0.2, -0.15) is 5.26 Å². The first-order valence-corrected chi connectivity index (χ1v) is 7.52. The maximum atomic E-state index is 8.84. The van der Waals surface area contributed by atoms with E-state index in [9.17, 15) is 0 Å². The maximum Gasteiger partial charge on any atom is 0.162 e. The van der Waals surface area contributed by atoms with Gasteiger partial charge >= 0.3 is 0 Å². The topological polar surface area (TPSA) is 42.2 Å². The van der Waals surface area contributed by atoms with Crippen molar-refractivity contribution in [2.75, 3.05) is 13.7 Å². The molecule has 0 fully saturated rings. The Hall–Kier alpha value is -1.69. The third kappa shape index (κ3) is 5.97. The van der Waals surface area contributed by atoms with Gasteiger partial charge in [0, 0.05) is 6.07 Å². The fraction of sp³-hybridized carbons (Fsp3) is 0.588. The van der Waals surface area contributed by atoms with E-state index in [0.29, 0.717) is 17.9 Å². The van der Waals surface area contributed by atoms with Crippen LogP contribution in [0.2, 0.25) is 0 Å². The Balaban J connectivity index is 2.23. The summed E-state index contributed by atoms with van der Waals surface area (Å²) in [7, 11) is 1.59. The predicted molar refractivity (Wildman–Crippen MR) is 81.2 cm³/mol. The minimum Gasteiger partial charge on any atom is -0.493 e. The summed E-state index contributed by atoms with van der Waals surface area (Å²) in [6.07, 6.45) is 8.88. The van der Waals surface area contributed by atoms with Gasteiger partial charge in [0.1, 0.15) is 0 Å². The molecule has 0 spiro atoms. The lowest BCUT2D eigenvalue weighted by atomic mass is 10.1. The van der Waals surface area contributed by atoms with Gasteiger partial charge in [0.15, 0.2) is 11.5 Å². The lowest BCUT2D eigenvalue weighted by Gasteiger charge is -2.10. The van der Waals surface area contributed by atoms with Crippen molar-refractivity contribution in [3.05, 3.63) is 23.8 Å². The molecule has 3 heteroatoms. The first kappa shape index (κ1) is 16.4. The Morgan fingerprint density at radius 1 is 1.00 bits per heavy atom. The van der Waals surface area contributed by atoms with Crippen molar-refractivity contribution in [3.8, 4) is 17.6 Å². The first-order chi connectivity index (χ1) is 9.81. The number of nitrogens with zero attached hydrogens (tertiary/aromatic N) is 1. The molecule has 3 nitrogen and oxygen atoms in total. The first-order valence-electron chi connectivity index (χ1n) is 7.52. The van der Waals surface area contributed by atoms with Crippen LogP contribution in [0.15, 0.2) is 18.2 Å². The summed E-state index contributed by atoms with van der Waals surface area (Å²) in [5.74, 6) is 1.35. The third-order valence-electron chi connectivity index (χ3n) is 3.30. The van der Waals surface area contributed by atoms with Crippen LogP contribution in [-0.2, 0) is 0 Å². The molecule has 110 valence electrons. The molecule has 1 rings (SSSR count). The Labute approximate surface area is 122 Å². The fourth-order valence-corrected chi connectivity index (χ4v) is 2.10. The van der Waals surface area contributed by atoms with Crippen molar-refractivity contribution < 1.29 is 9.47 Å². The van der Waals surface area contributed by atoms with Crippen LogP contribution >= 0.6 is 0 Å². The smallest absolute Gasteiger partial charge is 0.162 e. The van der Waals surface area contributed by atoms with Crippen molar-refractivity contribution in [1.82, 2.24) is 0 Å². The molecule has 0 aliphatic carbocycles. The maximum absolute atomic E-state index is 8.84. The minimum absolute atomic E-state index is 0.588. The Morgan fingerprint density at radius 2 is 1.70 bits per heavy atom. The molecule has 1 aromatic rings. The van der Waals surface area contributed by atoms with E-state index >= 15 is 0 Å². The van der Waals surface area contributed by atoms with Gasteiger partial charge in [-0.05, 0) is 18.6 Å². The van der Waals surface area contributed by atoms with Crippen molar-refractivity contribution in [2.24, 2.45) is 0 Å². The van der Waals surface area contributed by atoms with Crippen molar-refractivity contribution in [3.63, 3.8) is 0 Å². The molecule has 1 aromatic carbocycles. The van der Waals surface area contributed by atoms with Crippen LogP contribution in [-0.4, -0.2) is 13.7 Å². The molecular weight excluding hydrogens is 250 g/mol. The number of benzene rings is 1. The van der Waals surface area contributed by atoms with E-state index in [1.54, 1.807) is 25.3 Å². The molecule has 0 bridgehead atoms. The van der Waals surface area contributed by atoms with Gasteiger partial charge in [-0.25, -0.2) is 0 Å². The predicted octanol–water partition coefficient (Wildman–Crippen LogP) is 4.70. The summed E-state index contributed by atoms with van der Waals surface area (Å²) in [5, 5.41) is 8.84. The van der Waals surface area contributed by atoms with Crippen LogP contribution in [0.25, 0.3) is 0 Å². The van der Waals surface area contributed by atoms with Crippen molar-refractivity contribution in [1.29, 1.82) is 5.26 Å². The number of unbranched alkanes of at least 4 members (excludes halogenated alkanes) is 6. The highest BCUT2D eigenvalue weighted by Crippen LogP contribution is 2.28. The summed E-state index contributed by atoms with van der Waals surface area (Å²) in [6.45, 7) is 2.94. The molecule has 0 amide bonds. The second-order valence-electron chi connectivity index (χ2n) is 4.95. The zero-order valence-corrected chi connectivity index (χ0v) is 12.7. The van der Waals surface area contributed by atoms with Crippen LogP contribution in [0.1, 0.15) is 57.4 Å². The number of ether oxygens (including phenoxy) is 2. The van der Waals surface area contributed by atoms with Gasteiger partial charge in [-0.1, -0.05) is 45.4 Å². The largest absolute Gasteiger partial charge is 0.493 e. The van der Waals surface area contributed by atoms with Crippen molar-refractivity contribution in [2.45, 2.75) is 51.9 Å². The minimum atomic E-state index is 0.588. The lowest BCUT2D eigenvalue weighted by Crippen LogP contribution is -1.99. The average molecular weight is 275 g/mol. The van der Waals surface area contributed by atoms with Gasteiger partial charge in [-0.15, -0.1) is 0 Å². The average Bonchev–Trinajstić information content (AvgIpc) is 2.50. The standard InChI is InChI=1S/C17H25NO2/c1-3-4-5-6-7-8-9-12-20-16-11-10-15(14-18)13-17(16)19-2/h10-11,13H,3-9,12H2,1-2H3. The molecule has 0 aliphatic rings. The van der Waals surface area contributed by atoms with E-state index in [0.717, 1.165) is 12.2 Å². The van der Waals surface area contributed by atoms with Gasteiger partial charge in [0.2, 0.25) is 0 Å². The second-order valence-corrected chi connectivity index (χ2v) is 4.95. The molecule has 0 N–H and O–H groups in total. The van der Waals surface area contributed by atoms with Crippen LogP contribution in [0, 0.1) is 11.3 Å². The molecule has 0 aliphatic heterocycles. The zero-order chi connectivity index (χ0) is 14.6. The molecule has 20 heavy (non-hydrogen) atoms. The molecule has 0 saturated carbocycles.